The van der Waals surface area contributed by atoms with Gasteiger partial charge in [0.25, 0.3) is 6.02 Å². The molecule has 2 N–H and O–H groups in total. The molecule has 1 rings (SSSR count). The molecule has 0 aromatic rings. The van der Waals surface area contributed by atoms with Crippen LogP contribution in [0.4, 0.5) is 0 Å². The number of amidine groups is 1. The molecule has 1 aliphatic heterocycles. The molecule has 0 atom stereocenters. The summed E-state index contributed by atoms with van der Waals surface area (Å²) < 4.78 is 0. The summed E-state index contributed by atoms with van der Waals surface area (Å²) in [6, 6.07) is -0.453. The number of carbonyl (C=O) groups is 1. The van der Waals surface area contributed by atoms with Gasteiger partial charge >= 0.3 is 0 Å². The number of aliphatic hydroxyl groups excluding tert-OH is 2. The highest BCUT2D eigenvalue weighted by Gasteiger charge is 2.21. The van der Waals surface area contributed by atoms with E-state index in [1.807, 2.05) is 0 Å². The Morgan fingerprint density at radius 2 is 2.17 bits per heavy atom. The second-order valence-corrected chi connectivity index (χ2v) is 2.62. The minimum Gasteiger partial charge on any atom is -0.493 e. The van der Waals surface area contributed by atoms with Crippen LogP contribution in [-0.2, 0) is 4.79 Å². The first kappa shape index (κ1) is 8.58. The van der Waals surface area contributed by atoms with E-state index in [1.165, 1.54) is 6.92 Å². The Balaban J connectivity index is 2.92. The van der Waals surface area contributed by atoms with Gasteiger partial charge in [-0.25, -0.2) is 0 Å². The van der Waals surface area contributed by atoms with Crippen LogP contribution in [-0.4, -0.2) is 33.6 Å². The molecule has 12 heavy (non-hydrogen) atoms. The predicted molar refractivity (Wildman–Crippen MR) is 42.8 cm³/mol. The molecule has 0 radical (unpaired) electrons. The van der Waals surface area contributed by atoms with Gasteiger partial charge < -0.3 is 10.2 Å². The zero-order chi connectivity index (χ0) is 9.30. The van der Waals surface area contributed by atoms with Crippen molar-refractivity contribution in [2.24, 2.45) is 4.99 Å². The summed E-state index contributed by atoms with van der Waals surface area (Å²) in [6.45, 7) is 3.15. The van der Waals surface area contributed by atoms with Gasteiger partial charge in [0.2, 0.25) is 11.8 Å². The van der Waals surface area contributed by atoms with E-state index < -0.39 is 6.02 Å². The van der Waals surface area contributed by atoms with E-state index in [-0.39, 0.29) is 18.3 Å². The lowest BCUT2D eigenvalue weighted by Crippen LogP contribution is -2.38. The highest BCUT2D eigenvalue weighted by Crippen LogP contribution is 2.11. The lowest BCUT2D eigenvalue weighted by molar-refractivity contribution is -0.125. The summed E-state index contributed by atoms with van der Waals surface area (Å²) in [4.78, 5) is 15.3. The summed E-state index contributed by atoms with van der Waals surface area (Å²) >= 11 is 0. The minimum atomic E-state index is -0.453. The third-order valence-electron chi connectivity index (χ3n) is 1.60. The number of aliphatic hydroxyl groups is 2. The number of aliphatic imine (C=N–C) groups is 1. The molecule has 0 saturated heterocycles. The molecule has 0 bridgehead atoms. The number of rotatable bonds is 0. The maximum atomic E-state index is 10.8. The average Bonchev–Trinajstić information content (AvgIpc) is 1.96. The van der Waals surface area contributed by atoms with E-state index in [0.717, 1.165) is 4.90 Å². The molecular weight excluding hydrogens is 160 g/mol. The Morgan fingerprint density at radius 1 is 1.58 bits per heavy atom. The predicted octanol–water partition coefficient (Wildman–Crippen LogP) is 0.552. The van der Waals surface area contributed by atoms with Crippen LogP contribution in [0.15, 0.2) is 16.4 Å². The molecule has 0 fully saturated rings. The van der Waals surface area contributed by atoms with E-state index in [1.54, 1.807) is 6.92 Å². The van der Waals surface area contributed by atoms with Gasteiger partial charge in [-0.15, -0.1) is 0 Å². The van der Waals surface area contributed by atoms with Crippen molar-refractivity contribution in [1.29, 1.82) is 0 Å². The van der Waals surface area contributed by atoms with Crippen LogP contribution in [0.1, 0.15) is 13.8 Å². The molecule has 0 aromatic heterocycles. The number of carbonyl (C=O) groups excluding carboxylic acids is 1. The molecule has 1 heterocycles. The quantitative estimate of drug-likeness (QED) is 0.557. The van der Waals surface area contributed by atoms with Crippen LogP contribution < -0.4 is 0 Å². The fourth-order valence-corrected chi connectivity index (χ4v) is 0.881. The van der Waals surface area contributed by atoms with E-state index >= 15 is 0 Å². The van der Waals surface area contributed by atoms with Crippen LogP contribution in [0.5, 0.6) is 0 Å². The molecule has 5 nitrogen and oxygen atoms in total. The van der Waals surface area contributed by atoms with Gasteiger partial charge in [0.1, 0.15) is 0 Å². The highest BCUT2D eigenvalue weighted by molar-refractivity contribution is 5.93. The molecular formula is C7H10N2O3. The van der Waals surface area contributed by atoms with E-state index in [9.17, 15) is 4.79 Å². The van der Waals surface area contributed by atoms with Crippen LogP contribution in [0, 0.1) is 0 Å². The zero-order valence-electron chi connectivity index (χ0n) is 6.90. The normalized spacial score (nSPS) is 17.8. The number of hydrogen-bond donors (Lipinski definition) is 2. The van der Waals surface area contributed by atoms with Gasteiger partial charge in [-0.05, 0) is 6.92 Å². The second kappa shape index (κ2) is 2.84. The first-order valence-electron chi connectivity index (χ1n) is 3.47. The Morgan fingerprint density at radius 3 is 2.67 bits per heavy atom. The van der Waals surface area contributed by atoms with Crippen LogP contribution >= 0.6 is 0 Å². The molecule has 0 saturated carbocycles. The van der Waals surface area contributed by atoms with Crippen molar-refractivity contribution in [3.05, 3.63) is 11.5 Å². The SMILES string of the molecule is CC(=O)N1CC(C)=C(O)N=C1O. The van der Waals surface area contributed by atoms with Crippen molar-refractivity contribution >= 4 is 11.9 Å². The third-order valence-corrected chi connectivity index (χ3v) is 1.60. The second-order valence-electron chi connectivity index (χ2n) is 2.62. The lowest BCUT2D eigenvalue weighted by atomic mass is 10.2. The Kier molecular flexibility index (Phi) is 2.03. The fraction of sp³-hybridized carbons (Fsp3) is 0.429. The molecule has 5 heteroatoms. The average molecular weight is 170 g/mol. The maximum Gasteiger partial charge on any atom is 0.300 e. The van der Waals surface area contributed by atoms with Gasteiger partial charge in [0.15, 0.2) is 0 Å². The standard InChI is InChI=1S/C7H10N2O3/c1-4-3-9(5(2)10)7(12)8-6(4)11/h11H,3H2,1-2H3,(H,8,12). The van der Waals surface area contributed by atoms with Crippen LogP contribution in [0.3, 0.4) is 0 Å². The zero-order valence-corrected chi connectivity index (χ0v) is 6.90. The molecule has 1 aliphatic rings. The first-order chi connectivity index (χ1) is 5.52. The first-order valence-corrected chi connectivity index (χ1v) is 3.47. The van der Waals surface area contributed by atoms with Crippen LogP contribution in [0.25, 0.3) is 0 Å². The van der Waals surface area contributed by atoms with Crippen molar-refractivity contribution < 1.29 is 15.0 Å². The maximum absolute atomic E-state index is 10.8. The van der Waals surface area contributed by atoms with Crippen molar-refractivity contribution in [3.8, 4) is 0 Å². The Bertz CT molecular complexity index is 280. The van der Waals surface area contributed by atoms with Crippen molar-refractivity contribution in [2.45, 2.75) is 13.8 Å². The molecule has 0 aromatic carbocycles. The summed E-state index contributed by atoms with van der Waals surface area (Å²) in [5, 5.41) is 18.1. The van der Waals surface area contributed by atoms with Gasteiger partial charge in [-0.1, -0.05) is 0 Å². The molecule has 0 unspecified atom stereocenters. The monoisotopic (exact) mass is 170 g/mol. The third kappa shape index (κ3) is 1.39. The van der Waals surface area contributed by atoms with Gasteiger partial charge in [0.05, 0.1) is 6.54 Å². The van der Waals surface area contributed by atoms with E-state index in [0.29, 0.717) is 5.57 Å². The molecule has 0 aliphatic carbocycles. The van der Waals surface area contributed by atoms with Crippen molar-refractivity contribution in [3.63, 3.8) is 0 Å². The Labute approximate surface area is 69.6 Å². The summed E-state index contributed by atoms with van der Waals surface area (Å²) in [6.07, 6.45) is 0. The minimum absolute atomic E-state index is 0.191. The van der Waals surface area contributed by atoms with E-state index in [2.05, 4.69) is 4.99 Å². The van der Waals surface area contributed by atoms with Crippen molar-refractivity contribution in [1.82, 2.24) is 4.90 Å². The molecule has 1 amide bonds. The lowest BCUT2D eigenvalue weighted by Gasteiger charge is -2.22. The topological polar surface area (TPSA) is 73.1 Å². The van der Waals surface area contributed by atoms with E-state index in [4.69, 9.17) is 10.2 Å². The van der Waals surface area contributed by atoms with Gasteiger partial charge in [-0.2, -0.15) is 4.99 Å². The fourth-order valence-electron chi connectivity index (χ4n) is 0.881. The summed E-state index contributed by atoms with van der Waals surface area (Å²) in [5.41, 5.74) is 0.558. The summed E-state index contributed by atoms with van der Waals surface area (Å²) in [7, 11) is 0. The molecule has 0 spiro atoms. The number of nitrogens with zero attached hydrogens (tertiary/aromatic N) is 2. The van der Waals surface area contributed by atoms with Gasteiger partial charge in [0, 0.05) is 12.5 Å². The number of hydrogen-bond acceptors (Lipinski definition) is 3. The largest absolute Gasteiger partial charge is 0.493 e. The number of amides is 1. The summed E-state index contributed by atoms with van der Waals surface area (Å²) in [5.74, 6) is -0.520. The highest BCUT2D eigenvalue weighted by atomic mass is 16.3. The smallest absolute Gasteiger partial charge is 0.300 e. The molecule has 66 valence electrons. The van der Waals surface area contributed by atoms with Crippen LogP contribution in [0.2, 0.25) is 0 Å². The van der Waals surface area contributed by atoms with Gasteiger partial charge in [-0.3, -0.25) is 9.69 Å². The Hall–Kier alpha value is -1.52. The van der Waals surface area contributed by atoms with Crippen molar-refractivity contribution in [2.75, 3.05) is 6.54 Å².